The van der Waals surface area contributed by atoms with E-state index >= 15 is 0 Å². The van der Waals surface area contributed by atoms with E-state index in [9.17, 15) is 4.79 Å². The number of hydrogen-bond acceptors (Lipinski definition) is 2. The van der Waals surface area contributed by atoms with Crippen LogP contribution < -0.4 is 4.90 Å². The van der Waals surface area contributed by atoms with E-state index < -0.39 is 0 Å². The van der Waals surface area contributed by atoms with Gasteiger partial charge in [0.2, 0.25) is 5.91 Å². The molecule has 1 saturated heterocycles. The molecule has 6 heteroatoms. The molecule has 1 amide bonds. The SMILES string of the molecule is CC(Cc1cccc(N2CCCC2)c1)N(C)C(=O)Cc1ccc(Cl)c(Cl)c1.Cl. The van der Waals surface area contributed by atoms with Crippen molar-refractivity contribution in [3.8, 4) is 0 Å². The highest BCUT2D eigenvalue weighted by atomic mass is 35.5. The van der Waals surface area contributed by atoms with Crippen LogP contribution >= 0.6 is 35.6 Å². The zero-order valence-electron chi connectivity index (χ0n) is 16.3. The lowest BCUT2D eigenvalue weighted by Crippen LogP contribution is -2.37. The highest BCUT2D eigenvalue weighted by Gasteiger charge is 2.18. The van der Waals surface area contributed by atoms with E-state index in [-0.39, 0.29) is 24.4 Å². The summed E-state index contributed by atoms with van der Waals surface area (Å²) >= 11 is 12.0. The molecule has 0 aromatic heterocycles. The fourth-order valence-corrected chi connectivity index (χ4v) is 3.85. The van der Waals surface area contributed by atoms with Gasteiger partial charge in [-0.05, 0) is 61.6 Å². The molecule has 1 heterocycles. The molecule has 0 N–H and O–H groups in total. The van der Waals surface area contributed by atoms with Crippen LogP contribution in [0.5, 0.6) is 0 Å². The second-order valence-corrected chi connectivity index (χ2v) is 8.16. The molecule has 1 fully saturated rings. The van der Waals surface area contributed by atoms with Crippen LogP contribution in [0, 0.1) is 0 Å². The fourth-order valence-electron chi connectivity index (χ4n) is 3.53. The summed E-state index contributed by atoms with van der Waals surface area (Å²) in [6, 6.07) is 14.2. The summed E-state index contributed by atoms with van der Waals surface area (Å²) in [5.41, 5.74) is 3.44. The molecule has 0 saturated carbocycles. The van der Waals surface area contributed by atoms with Gasteiger partial charge >= 0.3 is 0 Å². The second kappa shape index (κ2) is 10.4. The third-order valence-electron chi connectivity index (χ3n) is 5.31. The van der Waals surface area contributed by atoms with Crippen molar-refractivity contribution in [2.24, 2.45) is 0 Å². The smallest absolute Gasteiger partial charge is 0.226 e. The van der Waals surface area contributed by atoms with Gasteiger partial charge in [0.15, 0.2) is 0 Å². The maximum absolute atomic E-state index is 12.7. The van der Waals surface area contributed by atoms with Gasteiger partial charge in [0.1, 0.15) is 0 Å². The highest BCUT2D eigenvalue weighted by molar-refractivity contribution is 6.42. The van der Waals surface area contributed by atoms with Crippen LogP contribution in [0.4, 0.5) is 5.69 Å². The number of anilines is 1. The minimum atomic E-state index is 0. The minimum absolute atomic E-state index is 0. The molecular weight excluding hydrogens is 415 g/mol. The topological polar surface area (TPSA) is 23.6 Å². The molecule has 3 rings (SSSR count). The predicted octanol–water partition coefficient (Wildman–Crippen LogP) is 5.65. The van der Waals surface area contributed by atoms with Crippen LogP contribution in [-0.2, 0) is 17.6 Å². The summed E-state index contributed by atoms with van der Waals surface area (Å²) in [4.78, 5) is 16.9. The number of carbonyl (C=O) groups excluding carboxylic acids is 1. The Morgan fingerprint density at radius 2 is 1.79 bits per heavy atom. The molecule has 0 bridgehead atoms. The summed E-state index contributed by atoms with van der Waals surface area (Å²) in [5, 5.41) is 0.990. The van der Waals surface area contributed by atoms with Crippen molar-refractivity contribution in [1.82, 2.24) is 4.90 Å². The van der Waals surface area contributed by atoms with E-state index in [1.165, 1.54) is 24.1 Å². The van der Waals surface area contributed by atoms with Gasteiger partial charge in [-0.25, -0.2) is 0 Å². The molecule has 1 aliphatic heterocycles. The number of amides is 1. The maximum Gasteiger partial charge on any atom is 0.226 e. The Morgan fingerprint density at radius 1 is 1.07 bits per heavy atom. The molecule has 3 nitrogen and oxygen atoms in total. The van der Waals surface area contributed by atoms with Crippen LogP contribution in [0.2, 0.25) is 10.0 Å². The van der Waals surface area contributed by atoms with E-state index in [0.29, 0.717) is 16.5 Å². The standard InChI is InChI=1S/C22H26Cl2N2O.ClH/c1-16(12-17-6-5-7-19(13-17)26-10-3-4-11-26)25(2)22(27)15-18-8-9-20(23)21(24)14-18;/h5-9,13-14,16H,3-4,10-12,15H2,1-2H3;1H. The van der Waals surface area contributed by atoms with Gasteiger partial charge in [-0.1, -0.05) is 41.4 Å². The van der Waals surface area contributed by atoms with Crippen molar-refractivity contribution in [1.29, 1.82) is 0 Å². The first-order valence-electron chi connectivity index (χ1n) is 9.47. The summed E-state index contributed by atoms with van der Waals surface area (Å²) in [6.07, 6.45) is 3.70. The van der Waals surface area contributed by atoms with Crippen LogP contribution in [0.1, 0.15) is 30.9 Å². The first-order valence-corrected chi connectivity index (χ1v) is 10.2. The average Bonchev–Trinajstić information content (AvgIpc) is 3.19. The largest absolute Gasteiger partial charge is 0.372 e. The first-order chi connectivity index (χ1) is 12.9. The predicted molar refractivity (Wildman–Crippen MR) is 121 cm³/mol. The third-order valence-corrected chi connectivity index (χ3v) is 6.05. The third kappa shape index (κ3) is 5.79. The minimum Gasteiger partial charge on any atom is -0.372 e. The van der Waals surface area contributed by atoms with Gasteiger partial charge in [-0.2, -0.15) is 0 Å². The Hall–Kier alpha value is -1.42. The van der Waals surface area contributed by atoms with Crippen molar-refractivity contribution in [2.75, 3.05) is 25.0 Å². The van der Waals surface area contributed by atoms with Crippen LogP contribution in [0.15, 0.2) is 42.5 Å². The number of nitrogens with zero attached hydrogens (tertiary/aromatic N) is 2. The van der Waals surface area contributed by atoms with Gasteiger partial charge in [0.05, 0.1) is 16.5 Å². The van der Waals surface area contributed by atoms with Gasteiger partial charge in [-0.15, -0.1) is 12.4 Å². The molecule has 152 valence electrons. The lowest BCUT2D eigenvalue weighted by molar-refractivity contribution is -0.130. The molecular formula is C22H27Cl3N2O. The fraction of sp³-hybridized carbons (Fsp3) is 0.409. The lowest BCUT2D eigenvalue weighted by Gasteiger charge is -2.26. The van der Waals surface area contributed by atoms with E-state index in [0.717, 1.165) is 25.1 Å². The summed E-state index contributed by atoms with van der Waals surface area (Å²) in [6.45, 7) is 4.37. The molecule has 0 radical (unpaired) electrons. The summed E-state index contributed by atoms with van der Waals surface area (Å²) in [7, 11) is 1.87. The Bertz CT molecular complexity index is 806. The van der Waals surface area contributed by atoms with Crippen molar-refractivity contribution < 1.29 is 4.79 Å². The Balaban J connectivity index is 0.00000280. The van der Waals surface area contributed by atoms with Gasteiger partial charge < -0.3 is 9.80 Å². The van der Waals surface area contributed by atoms with Crippen LogP contribution in [0.25, 0.3) is 0 Å². The Labute approximate surface area is 184 Å². The zero-order chi connectivity index (χ0) is 19.4. The highest BCUT2D eigenvalue weighted by Crippen LogP contribution is 2.24. The molecule has 1 aliphatic rings. The normalized spacial score (nSPS) is 14.5. The van der Waals surface area contributed by atoms with E-state index in [1.807, 2.05) is 18.0 Å². The number of halogens is 3. The molecule has 2 aromatic rings. The zero-order valence-corrected chi connectivity index (χ0v) is 18.7. The number of carbonyl (C=O) groups is 1. The Kier molecular flexibility index (Phi) is 8.48. The number of hydrogen-bond donors (Lipinski definition) is 0. The van der Waals surface area contributed by atoms with Crippen LogP contribution in [0.3, 0.4) is 0 Å². The number of rotatable bonds is 6. The quantitative estimate of drug-likeness (QED) is 0.578. The molecule has 1 unspecified atom stereocenters. The summed E-state index contributed by atoms with van der Waals surface area (Å²) in [5.74, 6) is 0.0802. The van der Waals surface area contributed by atoms with Crippen molar-refractivity contribution in [3.63, 3.8) is 0 Å². The maximum atomic E-state index is 12.7. The molecule has 28 heavy (non-hydrogen) atoms. The van der Waals surface area contributed by atoms with Gasteiger partial charge in [0.25, 0.3) is 0 Å². The molecule has 0 spiro atoms. The number of benzene rings is 2. The first kappa shape index (κ1) is 22.9. The lowest BCUT2D eigenvalue weighted by atomic mass is 10.0. The average molecular weight is 442 g/mol. The van der Waals surface area contributed by atoms with Crippen LogP contribution in [-0.4, -0.2) is 37.0 Å². The molecule has 0 aliphatic carbocycles. The van der Waals surface area contributed by atoms with E-state index in [4.69, 9.17) is 23.2 Å². The number of likely N-dealkylation sites (N-methyl/N-ethyl adjacent to an activating group) is 1. The van der Waals surface area contributed by atoms with E-state index in [1.54, 1.807) is 12.1 Å². The molecule has 2 aromatic carbocycles. The van der Waals surface area contributed by atoms with Gasteiger partial charge in [0, 0.05) is 31.9 Å². The van der Waals surface area contributed by atoms with Crippen molar-refractivity contribution in [2.45, 2.75) is 38.6 Å². The summed E-state index contributed by atoms with van der Waals surface area (Å²) < 4.78 is 0. The Morgan fingerprint density at radius 3 is 2.46 bits per heavy atom. The molecule has 1 atom stereocenters. The van der Waals surface area contributed by atoms with Crippen molar-refractivity contribution >= 4 is 47.2 Å². The second-order valence-electron chi connectivity index (χ2n) is 7.35. The monoisotopic (exact) mass is 440 g/mol. The van der Waals surface area contributed by atoms with Crippen molar-refractivity contribution in [3.05, 3.63) is 63.6 Å². The van der Waals surface area contributed by atoms with Gasteiger partial charge in [-0.3, -0.25) is 4.79 Å². The van der Waals surface area contributed by atoms with E-state index in [2.05, 4.69) is 36.1 Å².